The summed E-state index contributed by atoms with van der Waals surface area (Å²) in [5.41, 5.74) is 0. The number of halogens is 1. The molecule has 1 amide bonds. The van der Waals surface area contributed by atoms with Gasteiger partial charge in [0.2, 0.25) is 5.91 Å². The molecule has 0 spiro atoms. The first-order chi connectivity index (χ1) is 11.6. The molecule has 0 saturated carbocycles. The zero-order valence-electron chi connectivity index (χ0n) is 15.4. The van der Waals surface area contributed by atoms with Gasteiger partial charge in [-0.25, -0.2) is 4.99 Å². The zero-order valence-corrected chi connectivity index (χ0v) is 19.4. The van der Waals surface area contributed by atoms with Crippen molar-refractivity contribution in [2.24, 2.45) is 4.99 Å². The van der Waals surface area contributed by atoms with Crippen LogP contribution in [0.4, 0.5) is 0 Å². The number of likely N-dealkylation sites (N-methyl/N-ethyl adjacent to an activating group) is 1. The Morgan fingerprint density at radius 1 is 1.24 bits per heavy atom. The van der Waals surface area contributed by atoms with Crippen molar-refractivity contribution in [2.45, 2.75) is 32.2 Å². The number of nitrogens with one attached hydrogen (secondary N) is 2. The lowest BCUT2D eigenvalue weighted by Crippen LogP contribution is -2.38. The highest BCUT2D eigenvalue weighted by atomic mass is 127. The molecular weight excluding hydrogens is 467 g/mol. The van der Waals surface area contributed by atoms with E-state index in [1.165, 1.54) is 29.9 Å². The van der Waals surface area contributed by atoms with E-state index in [1.807, 2.05) is 17.8 Å². The van der Waals surface area contributed by atoms with Crippen molar-refractivity contribution >= 4 is 58.9 Å². The molecule has 0 aliphatic carbocycles. The Kier molecular flexibility index (Phi) is 15.4. The standard InChI is InChI=1S/C17H30N4OS2.HI/c1-21(2)16(22)14-20-17(19-13-15-9-8-12-24-15)18-10-6-4-5-7-11-23-3;/h8-9,12H,4-7,10-11,13-14H2,1-3H3,(H2,18,19,20);1H. The second-order valence-electron chi connectivity index (χ2n) is 5.72. The predicted molar refractivity (Wildman–Crippen MR) is 122 cm³/mol. The number of hydrogen-bond acceptors (Lipinski definition) is 4. The molecule has 1 heterocycles. The summed E-state index contributed by atoms with van der Waals surface area (Å²) in [6, 6.07) is 4.13. The van der Waals surface area contributed by atoms with Gasteiger partial charge in [-0.3, -0.25) is 4.79 Å². The van der Waals surface area contributed by atoms with Crippen molar-refractivity contribution in [1.29, 1.82) is 0 Å². The molecule has 1 aromatic heterocycles. The third-order valence-electron chi connectivity index (χ3n) is 3.45. The van der Waals surface area contributed by atoms with E-state index in [0.29, 0.717) is 5.96 Å². The topological polar surface area (TPSA) is 56.7 Å². The minimum absolute atomic E-state index is 0. The molecule has 0 unspecified atom stereocenters. The van der Waals surface area contributed by atoms with Crippen LogP contribution in [-0.2, 0) is 11.3 Å². The van der Waals surface area contributed by atoms with E-state index in [9.17, 15) is 4.79 Å². The van der Waals surface area contributed by atoms with E-state index >= 15 is 0 Å². The minimum atomic E-state index is 0. The second-order valence-corrected chi connectivity index (χ2v) is 7.74. The first kappa shape index (κ1) is 24.5. The SMILES string of the molecule is CSCCCCCCNC(=NCC(=O)N(C)C)NCc1cccs1.I. The van der Waals surface area contributed by atoms with E-state index < -0.39 is 0 Å². The number of aliphatic imine (C=N–C) groups is 1. The summed E-state index contributed by atoms with van der Waals surface area (Å²) in [4.78, 5) is 18.9. The second kappa shape index (κ2) is 15.7. The lowest BCUT2D eigenvalue weighted by atomic mass is 10.2. The molecule has 1 rings (SSSR count). The Morgan fingerprint density at radius 2 is 2.00 bits per heavy atom. The summed E-state index contributed by atoms with van der Waals surface area (Å²) in [6.45, 7) is 1.78. The van der Waals surface area contributed by atoms with Crippen LogP contribution in [0.3, 0.4) is 0 Å². The quantitative estimate of drug-likeness (QED) is 0.213. The first-order valence-corrected chi connectivity index (χ1v) is 10.6. The van der Waals surface area contributed by atoms with Gasteiger partial charge < -0.3 is 15.5 Å². The van der Waals surface area contributed by atoms with Gasteiger partial charge in [-0.05, 0) is 36.3 Å². The van der Waals surface area contributed by atoms with Crippen molar-refractivity contribution < 1.29 is 4.79 Å². The summed E-state index contributed by atoms with van der Waals surface area (Å²) in [5.74, 6) is 1.96. The highest BCUT2D eigenvalue weighted by molar-refractivity contribution is 14.0. The Labute approximate surface area is 177 Å². The van der Waals surface area contributed by atoms with Crippen molar-refractivity contribution in [3.05, 3.63) is 22.4 Å². The molecule has 0 saturated heterocycles. The van der Waals surface area contributed by atoms with Crippen molar-refractivity contribution in [3.8, 4) is 0 Å². The Morgan fingerprint density at radius 3 is 2.64 bits per heavy atom. The molecule has 0 bridgehead atoms. The highest BCUT2D eigenvalue weighted by Crippen LogP contribution is 2.07. The van der Waals surface area contributed by atoms with Crippen LogP contribution >= 0.6 is 47.1 Å². The van der Waals surface area contributed by atoms with E-state index in [1.54, 1.807) is 30.3 Å². The molecule has 0 aliphatic rings. The maximum atomic E-state index is 11.7. The number of thioether (sulfide) groups is 1. The number of nitrogens with zero attached hydrogens (tertiary/aromatic N) is 2. The molecule has 25 heavy (non-hydrogen) atoms. The number of thiophene rings is 1. The van der Waals surface area contributed by atoms with Gasteiger partial charge in [0.15, 0.2) is 5.96 Å². The van der Waals surface area contributed by atoms with E-state index in [4.69, 9.17) is 0 Å². The normalized spacial score (nSPS) is 10.9. The molecule has 0 fully saturated rings. The van der Waals surface area contributed by atoms with Crippen molar-refractivity contribution in [2.75, 3.05) is 39.2 Å². The average molecular weight is 499 g/mol. The first-order valence-electron chi connectivity index (χ1n) is 8.37. The smallest absolute Gasteiger partial charge is 0.243 e. The summed E-state index contributed by atoms with van der Waals surface area (Å²) in [6.07, 6.45) is 7.06. The highest BCUT2D eigenvalue weighted by Gasteiger charge is 2.05. The molecular formula is C17H31IN4OS2. The van der Waals surface area contributed by atoms with Crippen LogP contribution in [0.25, 0.3) is 0 Å². The van der Waals surface area contributed by atoms with Gasteiger partial charge in [0.1, 0.15) is 6.54 Å². The maximum absolute atomic E-state index is 11.7. The molecule has 1 aromatic rings. The predicted octanol–water partition coefficient (Wildman–Crippen LogP) is 3.41. The van der Waals surface area contributed by atoms with E-state index in [-0.39, 0.29) is 36.4 Å². The van der Waals surface area contributed by atoms with Gasteiger partial charge in [0.25, 0.3) is 0 Å². The van der Waals surface area contributed by atoms with Crippen LogP contribution < -0.4 is 10.6 Å². The summed E-state index contributed by atoms with van der Waals surface area (Å²) >= 11 is 3.62. The van der Waals surface area contributed by atoms with Gasteiger partial charge in [0.05, 0.1) is 6.54 Å². The van der Waals surface area contributed by atoms with Gasteiger partial charge in [-0.15, -0.1) is 35.3 Å². The lowest BCUT2D eigenvalue weighted by Gasteiger charge is -2.13. The molecule has 5 nitrogen and oxygen atoms in total. The Balaban J connectivity index is 0.00000576. The molecule has 0 aliphatic heterocycles. The van der Waals surface area contributed by atoms with Crippen LogP contribution in [0.1, 0.15) is 30.6 Å². The molecule has 0 radical (unpaired) electrons. The van der Waals surface area contributed by atoms with Gasteiger partial charge >= 0.3 is 0 Å². The van der Waals surface area contributed by atoms with Gasteiger partial charge in [0, 0.05) is 25.5 Å². The van der Waals surface area contributed by atoms with Crippen LogP contribution in [0, 0.1) is 0 Å². The summed E-state index contributed by atoms with van der Waals surface area (Å²) in [7, 11) is 3.50. The number of guanidine groups is 1. The molecule has 0 aromatic carbocycles. The van der Waals surface area contributed by atoms with E-state index in [2.05, 4.69) is 33.3 Å². The Bertz CT molecular complexity index is 481. The monoisotopic (exact) mass is 498 g/mol. The molecule has 0 atom stereocenters. The van der Waals surface area contributed by atoms with Crippen molar-refractivity contribution in [3.63, 3.8) is 0 Å². The third kappa shape index (κ3) is 12.5. The molecule has 144 valence electrons. The molecule has 8 heteroatoms. The molecule has 2 N–H and O–H groups in total. The number of rotatable bonds is 11. The number of carbonyl (C=O) groups is 1. The van der Waals surface area contributed by atoms with Gasteiger partial charge in [-0.2, -0.15) is 11.8 Å². The Hall–Kier alpha value is -0.480. The fourth-order valence-corrected chi connectivity index (χ4v) is 3.12. The van der Waals surface area contributed by atoms with E-state index in [0.717, 1.165) is 19.5 Å². The van der Waals surface area contributed by atoms with Crippen LogP contribution in [0.15, 0.2) is 22.5 Å². The zero-order chi connectivity index (χ0) is 17.6. The summed E-state index contributed by atoms with van der Waals surface area (Å²) < 4.78 is 0. The van der Waals surface area contributed by atoms with Crippen LogP contribution in [0.2, 0.25) is 0 Å². The number of hydrogen-bond donors (Lipinski definition) is 2. The fourth-order valence-electron chi connectivity index (χ4n) is 1.98. The maximum Gasteiger partial charge on any atom is 0.243 e. The fraction of sp³-hybridized carbons (Fsp3) is 0.647. The number of carbonyl (C=O) groups excluding carboxylic acids is 1. The van der Waals surface area contributed by atoms with Gasteiger partial charge in [-0.1, -0.05) is 18.9 Å². The minimum Gasteiger partial charge on any atom is -0.356 e. The summed E-state index contributed by atoms with van der Waals surface area (Å²) in [5, 5.41) is 8.70. The van der Waals surface area contributed by atoms with Crippen LogP contribution in [0.5, 0.6) is 0 Å². The average Bonchev–Trinajstić information content (AvgIpc) is 3.08. The number of unbranched alkanes of at least 4 members (excludes halogenated alkanes) is 3. The van der Waals surface area contributed by atoms with Crippen LogP contribution in [-0.4, -0.2) is 56.0 Å². The largest absolute Gasteiger partial charge is 0.356 e. The number of amides is 1. The third-order valence-corrected chi connectivity index (χ3v) is 5.02. The van der Waals surface area contributed by atoms with Crippen molar-refractivity contribution in [1.82, 2.24) is 15.5 Å². The lowest BCUT2D eigenvalue weighted by molar-refractivity contribution is -0.127.